The van der Waals surface area contributed by atoms with Gasteiger partial charge in [-0.1, -0.05) is 30.3 Å². The van der Waals surface area contributed by atoms with Crippen LogP contribution >= 0.6 is 0 Å². The minimum atomic E-state index is -1.19. The van der Waals surface area contributed by atoms with E-state index in [0.29, 0.717) is 11.3 Å². The molecule has 0 aliphatic heterocycles. The van der Waals surface area contributed by atoms with E-state index in [-0.39, 0.29) is 18.0 Å². The molecule has 1 aromatic rings. The summed E-state index contributed by atoms with van der Waals surface area (Å²) in [5.74, 6) is -1.24. The molecule has 0 saturated carbocycles. The maximum Gasteiger partial charge on any atom is 0.158 e. The Balaban J connectivity index is 2.72. The topological polar surface area (TPSA) is 66.4 Å². The predicted octanol–water partition coefficient (Wildman–Crippen LogP) is 2.19. The van der Waals surface area contributed by atoms with Gasteiger partial charge in [0.05, 0.1) is 11.5 Å². The van der Waals surface area contributed by atoms with Crippen LogP contribution in [-0.2, 0) is 9.59 Å². The Bertz CT molecular complexity index is 616. The van der Waals surface area contributed by atoms with E-state index in [1.807, 2.05) is 30.3 Å². The Morgan fingerprint density at radius 2 is 1.82 bits per heavy atom. The molecular formula is C18H23NO3. The van der Waals surface area contributed by atoms with Gasteiger partial charge in [-0.05, 0) is 26.3 Å². The second kappa shape index (κ2) is 6.05. The van der Waals surface area contributed by atoms with Gasteiger partial charge in [0.1, 0.15) is 5.78 Å². The largest absolute Gasteiger partial charge is 0.391 e. The number of hydrogen-bond donors (Lipinski definition) is 2. The van der Waals surface area contributed by atoms with E-state index in [4.69, 9.17) is 0 Å². The molecule has 1 aromatic carbocycles. The first kappa shape index (κ1) is 16.4. The average Bonchev–Trinajstić information content (AvgIpc) is 2.45. The summed E-state index contributed by atoms with van der Waals surface area (Å²) in [6, 6.07) is 9.46. The van der Waals surface area contributed by atoms with Crippen molar-refractivity contribution in [1.29, 1.82) is 0 Å². The zero-order chi connectivity index (χ0) is 16.5. The first-order valence-corrected chi connectivity index (χ1v) is 7.49. The molecule has 3 atom stereocenters. The number of aliphatic hydroxyl groups is 1. The molecule has 0 fully saturated rings. The molecule has 1 aliphatic carbocycles. The van der Waals surface area contributed by atoms with Crippen LogP contribution in [0.3, 0.4) is 0 Å². The average molecular weight is 301 g/mol. The summed E-state index contributed by atoms with van der Waals surface area (Å²) in [6.45, 7) is 4.67. The molecule has 0 heterocycles. The molecule has 2 N–H and O–H groups in total. The van der Waals surface area contributed by atoms with Crippen LogP contribution in [0.4, 0.5) is 0 Å². The van der Waals surface area contributed by atoms with Crippen LogP contribution in [0.5, 0.6) is 0 Å². The van der Waals surface area contributed by atoms with Gasteiger partial charge in [0.2, 0.25) is 0 Å². The van der Waals surface area contributed by atoms with Gasteiger partial charge in [-0.15, -0.1) is 0 Å². The van der Waals surface area contributed by atoms with Crippen LogP contribution in [0, 0.1) is 5.92 Å². The van der Waals surface area contributed by atoms with Crippen molar-refractivity contribution >= 4 is 11.6 Å². The maximum absolute atomic E-state index is 12.2. The molecule has 2 rings (SSSR count). The fourth-order valence-electron chi connectivity index (χ4n) is 3.62. The first-order chi connectivity index (χ1) is 10.3. The van der Waals surface area contributed by atoms with Crippen molar-refractivity contribution in [1.82, 2.24) is 5.32 Å². The first-order valence-electron chi connectivity index (χ1n) is 7.49. The third-order valence-corrected chi connectivity index (χ3v) is 4.45. The smallest absolute Gasteiger partial charge is 0.158 e. The van der Waals surface area contributed by atoms with Gasteiger partial charge >= 0.3 is 0 Å². The quantitative estimate of drug-likeness (QED) is 0.894. The molecule has 0 unspecified atom stereocenters. The van der Waals surface area contributed by atoms with E-state index in [1.54, 1.807) is 14.0 Å². The van der Waals surface area contributed by atoms with Gasteiger partial charge < -0.3 is 10.4 Å². The van der Waals surface area contributed by atoms with E-state index in [1.165, 1.54) is 13.8 Å². The van der Waals surface area contributed by atoms with Crippen LogP contribution in [0.2, 0.25) is 0 Å². The molecule has 0 amide bonds. The number of benzene rings is 1. The highest BCUT2D eigenvalue weighted by Gasteiger charge is 2.48. The molecule has 4 nitrogen and oxygen atoms in total. The maximum atomic E-state index is 12.2. The molecule has 0 aromatic heterocycles. The van der Waals surface area contributed by atoms with Gasteiger partial charge in [-0.3, -0.25) is 9.59 Å². The van der Waals surface area contributed by atoms with Crippen molar-refractivity contribution in [2.24, 2.45) is 5.92 Å². The summed E-state index contributed by atoms with van der Waals surface area (Å²) in [7, 11) is 1.74. The minimum absolute atomic E-state index is 0.0695. The van der Waals surface area contributed by atoms with Crippen LogP contribution in [-0.4, -0.2) is 29.3 Å². The summed E-state index contributed by atoms with van der Waals surface area (Å²) in [5.41, 5.74) is 0.994. The molecule has 4 heteroatoms. The van der Waals surface area contributed by atoms with Crippen LogP contribution < -0.4 is 5.32 Å². The minimum Gasteiger partial charge on any atom is -0.391 e. The monoisotopic (exact) mass is 301 g/mol. The summed E-state index contributed by atoms with van der Waals surface area (Å²) < 4.78 is 0. The number of carbonyl (C=O) groups excluding carboxylic acids is 2. The molecule has 0 saturated heterocycles. The number of allylic oxidation sites excluding steroid dienone is 1. The van der Waals surface area contributed by atoms with Crippen LogP contribution in [0.15, 0.2) is 41.6 Å². The second-order valence-corrected chi connectivity index (χ2v) is 6.21. The summed E-state index contributed by atoms with van der Waals surface area (Å²) >= 11 is 0. The fourth-order valence-corrected chi connectivity index (χ4v) is 3.62. The number of ketones is 2. The highest BCUT2D eigenvalue weighted by Crippen LogP contribution is 2.46. The van der Waals surface area contributed by atoms with E-state index in [0.717, 1.165) is 5.56 Å². The van der Waals surface area contributed by atoms with Crippen LogP contribution in [0.1, 0.15) is 38.7 Å². The van der Waals surface area contributed by atoms with E-state index >= 15 is 0 Å². The summed E-state index contributed by atoms with van der Waals surface area (Å²) in [4.78, 5) is 24.5. The molecule has 0 spiro atoms. The van der Waals surface area contributed by atoms with Crippen molar-refractivity contribution in [2.45, 2.75) is 38.7 Å². The Kier molecular flexibility index (Phi) is 4.52. The standard InChI is InChI=1S/C18H23NO3/c1-11(20)15-14(19-4)10-18(3,22)17(12(2)21)16(15)13-8-6-5-7-9-13/h5-9,16-17,19,22H,10H2,1-4H3/t16-,17+,18-/m0/s1. The second-order valence-electron chi connectivity index (χ2n) is 6.21. The van der Waals surface area contributed by atoms with Gasteiger partial charge in [0, 0.05) is 30.7 Å². The van der Waals surface area contributed by atoms with Crippen LogP contribution in [0.25, 0.3) is 0 Å². The van der Waals surface area contributed by atoms with Crippen molar-refractivity contribution in [2.75, 3.05) is 7.05 Å². The zero-order valence-electron chi connectivity index (χ0n) is 13.5. The lowest BCUT2D eigenvalue weighted by Crippen LogP contribution is -2.48. The van der Waals surface area contributed by atoms with E-state index in [9.17, 15) is 14.7 Å². The Morgan fingerprint density at radius 1 is 1.23 bits per heavy atom. The SMILES string of the molecule is CNC1=C(C(C)=O)[C@H](c2ccccc2)[C@@H](C(C)=O)[C@@](C)(O)C1. The van der Waals surface area contributed by atoms with Gasteiger partial charge in [0.25, 0.3) is 0 Å². The molecule has 1 aliphatic rings. The summed E-state index contributed by atoms with van der Waals surface area (Å²) in [6.07, 6.45) is 0.270. The Morgan fingerprint density at radius 3 is 2.27 bits per heavy atom. The highest BCUT2D eigenvalue weighted by atomic mass is 16.3. The van der Waals surface area contributed by atoms with E-state index in [2.05, 4.69) is 5.32 Å². The number of rotatable bonds is 4. The van der Waals surface area contributed by atoms with Gasteiger partial charge in [-0.25, -0.2) is 0 Å². The molecule has 0 radical (unpaired) electrons. The lowest BCUT2D eigenvalue weighted by molar-refractivity contribution is -0.131. The molecule has 118 valence electrons. The lowest BCUT2D eigenvalue weighted by atomic mass is 9.64. The third-order valence-electron chi connectivity index (χ3n) is 4.45. The molecule has 0 bridgehead atoms. The van der Waals surface area contributed by atoms with Crippen molar-refractivity contribution in [3.8, 4) is 0 Å². The Labute approximate surface area is 131 Å². The van der Waals surface area contributed by atoms with Crippen molar-refractivity contribution in [3.05, 3.63) is 47.2 Å². The number of nitrogens with one attached hydrogen (secondary N) is 1. The van der Waals surface area contributed by atoms with Crippen molar-refractivity contribution in [3.63, 3.8) is 0 Å². The highest BCUT2D eigenvalue weighted by molar-refractivity contribution is 5.98. The third kappa shape index (κ3) is 2.83. The van der Waals surface area contributed by atoms with Crippen molar-refractivity contribution < 1.29 is 14.7 Å². The predicted molar refractivity (Wildman–Crippen MR) is 85.4 cm³/mol. The van der Waals surface area contributed by atoms with Gasteiger partial charge in [0.15, 0.2) is 5.78 Å². The lowest BCUT2D eigenvalue weighted by Gasteiger charge is -2.43. The Hall–Kier alpha value is -1.94. The zero-order valence-corrected chi connectivity index (χ0v) is 13.5. The van der Waals surface area contributed by atoms with E-state index < -0.39 is 17.4 Å². The number of hydrogen-bond acceptors (Lipinski definition) is 4. The summed E-state index contributed by atoms with van der Waals surface area (Å²) in [5, 5.41) is 13.9. The normalized spacial score (nSPS) is 28.4. The molecule has 22 heavy (non-hydrogen) atoms. The van der Waals surface area contributed by atoms with Gasteiger partial charge in [-0.2, -0.15) is 0 Å². The number of Topliss-reactive ketones (excluding diaryl/α,β-unsaturated/α-hetero) is 2. The molecular weight excluding hydrogens is 278 g/mol. The number of carbonyl (C=O) groups is 2. The fraction of sp³-hybridized carbons (Fsp3) is 0.444.